The zero-order valence-corrected chi connectivity index (χ0v) is 16.6. The quantitative estimate of drug-likeness (QED) is 0.549. The Kier molecular flexibility index (Phi) is 6.59. The molecule has 1 heterocycles. The number of hydrogen-bond acceptors (Lipinski definition) is 4. The van der Waals surface area contributed by atoms with Crippen LogP contribution in [0.2, 0.25) is 0 Å². The third-order valence-electron chi connectivity index (χ3n) is 4.10. The molecule has 0 saturated heterocycles. The molecule has 0 fully saturated rings. The van der Waals surface area contributed by atoms with E-state index in [0.717, 1.165) is 21.5 Å². The maximum Gasteiger partial charge on any atom is 0.220 e. The smallest absolute Gasteiger partial charge is 0.220 e. The Balaban J connectivity index is 1.43. The highest BCUT2D eigenvalue weighted by Gasteiger charge is 2.10. The van der Waals surface area contributed by atoms with Gasteiger partial charge in [-0.05, 0) is 59.1 Å². The first-order valence-corrected chi connectivity index (χ1v) is 9.54. The second-order valence-corrected chi connectivity index (χ2v) is 6.96. The van der Waals surface area contributed by atoms with E-state index in [2.05, 4.69) is 31.3 Å². The van der Waals surface area contributed by atoms with Crippen LogP contribution in [0.1, 0.15) is 31.4 Å². The topological polar surface area (TPSA) is 69.0 Å². The predicted molar refractivity (Wildman–Crippen MR) is 107 cm³/mol. The molecule has 0 radical (unpaired) electrons. The summed E-state index contributed by atoms with van der Waals surface area (Å²) in [6.07, 6.45) is 4.23. The summed E-state index contributed by atoms with van der Waals surface area (Å²) in [4.78, 5) is 16.1. The Labute approximate surface area is 166 Å². The van der Waals surface area contributed by atoms with Crippen molar-refractivity contribution < 1.29 is 9.53 Å². The van der Waals surface area contributed by atoms with Crippen molar-refractivity contribution >= 4 is 21.8 Å². The van der Waals surface area contributed by atoms with Gasteiger partial charge in [0.1, 0.15) is 18.4 Å². The molecular weight excluding hydrogens is 408 g/mol. The van der Waals surface area contributed by atoms with E-state index in [9.17, 15) is 4.79 Å². The van der Waals surface area contributed by atoms with Crippen molar-refractivity contribution in [1.82, 2.24) is 20.1 Å². The van der Waals surface area contributed by atoms with Gasteiger partial charge in [-0.25, -0.2) is 9.67 Å². The lowest BCUT2D eigenvalue weighted by Gasteiger charge is -2.15. The molecule has 3 rings (SSSR count). The predicted octanol–water partition coefficient (Wildman–Crippen LogP) is 4.07. The zero-order valence-electron chi connectivity index (χ0n) is 15.0. The van der Waals surface area contributed by atoms with Crippen molar-refractivity contribution in [2.45, 2.75) is 25.8 Å². The molecule has 1 unspecified atom stereocenters. The number of ether oxygens (including phenoxy) is 1. The second-order valence-electron chi connectivity index (χ2n) is 6.10. The van der Waals surface area contributed by atoms with E-state index < -0.39 is 0 Å². The van der Waals surface area contributed by atoms with Crippen molar-refractivity contribution in [1.29, 1.82) is 0 Å². The van der Waals surface area contributed by atoms with Gasteiger partial charge in [-0.15, -0.1) is 0 Å². The molecule has 1 N–H and O–H groups in total. The van der Waals surface area contributed by atoms with Crippen LogP contribution in [0.25, 0.3) is 5.69 Å². The van der Waals surface area contributed by atoms with Gasteiger partial charge in [0.25, 0.3) is 0 Å². The van der Waals surface area contributed by atoms with Crippen LogP contribution in [0.3, 0.4) is 0 Å². The van der Waals surface area contributed by atoms with E-state index in [1.807, 2.05) is 55.5 Å². The maximum atomic E-state index is 12.2. The molecule has 1 amide bonds. The van der Waals surface area contributed by atoms with Crippen LogP contribution in [0.4, 0.5) is 0 Å². The number of rotatable bonds is 8. The Morgan fingerprint density at radius 2 is 2.00 bits per heavy atom. The lowest BCUT2D eigenvalue weighted by atomic mass is 10.1. The highest BCUT2D eigenvalue weighted by Crippen LogP contribution is 2.23. The van der Waals surface area contributed by atoms with Gasteiger partial charge in [-0.1, -0.05) is 24.3 Å². The molecule has 0 aliphatic carbocycles. The molecule has 27 heavy (non-hydrogen) atoms. The van der Waals surface area contributed by atoms with Crippen LogP contribution >= 0.6 is 15.9 Å². The molecule has 0 aliphatic heterocycles. The third kappa shape index (κ3) is 5.40. The van der Waals surface area contributed by atoms with Gasteiger partial charge in [0.2, 0.25) is 5.91 Å². The fraction of sp³-hybridized carbons (Fsp3) is 0.250. The average molecular weight is 429 g/mol. The number of aromatic nitrogens is 3. The van der Waals surface area contributed by atoms with Gasteiger partial charge in [0, 0.05) is 6.42 Å². The monoisotopic (exact) mass is 428 g/mol. The number of amides is 1. The molecule has 0 bridgehead atoms. The van der Waals surface area contributed by atoms with Gasteiger partial charge in [0.05, 0.1) is 22.8 Å². The van der Waals surface area contributed by atoms with E-state index in [0.29, 0.717) is 19.4 Å². The lowest BCUT2D eigenvalue weighted by Crippen LogP contribution is -2.26. The highest BCUT2D eigenvalue weighted by atomic mass is 79.9. The van der Waals surface area contributed by atoms with Crippen molar-refractivity contribution in [2.75, 3.05) is 6.61 Å². The largest absolute Gasteiger partial charge is 0.492 e. The molecule has 2 aromatic carbocycles. The zero-order chi connectivity index (χ0) is 19.1. The summed E-state index contributed by atoms with van der Waals surface area (Å²) in [6.45, 7) is 2.47. The summed E-state index contributed by atoms with van der Waals surface area (Å²) in [6, 6.07) is 15.5. The number of carbonyl (C=O) groups excluding carboxylic acids is 1. The number of nitrogens with one attached hydrogen (secondary N) is 1. The fourth-order valence-electron chi connectivity index (χ4n) is 2.63. The number of hydrogen-bond donors (Lipinski definition) is 1. The third-order valence-corrected chi connectivity index (χ3v) is 4.75. The summed E-state index contributed by atoms with van der Waals surface area (Å²) < 4.78 is 8.29. The SMILES string of the molecule is CC(NC(=O)CCCOc1ccccc1Br)c1ccc(-n2cncn2)cc1. The van der Waals surface area contributed by atoms with Crippen LogP contribution in [0.5, 0.6) is 5.75 Å². The van der Waals surface area contributed by atoms with Crippen LogP contribution < -0.4 is 10.1 Å². The van der Waals surface area contributed by atoms with Gasteiger partial charge in [-0.2, -0.15) is 5.10 Å². The molecule has 0 aliphatic rings. The summed E-state index contributed by atoms with van der Waals surface area (Å²) in [5.74, 6) is 0.803. The first-order valence-electron chi connectivity index (χ1n) is 8.75. The van der Waals surface area contributed by atoms with Crippen molar-refractivity contribution in [3.63, 3.8) is 0 Å². The summed E-state index contributed by atoms with van der Waals surface area (Å²) in [7, 11) is 0. The summed E-state index contributed by atoms with van der Waals surface area (Å²) >= 11 is 3.44. The van der Waals surface area contributed by atoms with E-state index in [1.54, 1.807) is 11.0 Å². The highest BCUT2D eigenvalue weighted by molar-refractivity contribution is 9.10. The Morgan fingerprint density at radius 1 is 1.22 bits per heavy atom. The van der Waals surface area contributed by atoms with E-state index >= 15 is 0 Å². The molecule has 0 spiro atoms. The van der Waals surface area contributed by atoms with Crippen LogP contribution in [0, 0.1) is 0 Å². The Bertz CT molecular complexity index is 866. The first-order chi connectivity index (χ1) is 13.1. The van der Waals surface area contributed by atoms with E-state index in [1.165, 1.54) is 6.33 Å². The lowest BCUT2D eigenvalue weighted by molar-refractivity contribution is -0.121. The number of halogens is 1. The molecule has 1 aromatic heterocycles. The molecule has 3 aromatic rings. The van der Waals surface area contributed by atoms with Crippen LogP contribution in [-0.4, -0.2) is 27.3 Å². The summed E-state index contributed by atoms with van der Waals surface area (Å²) in [5, 5.41) is 7.12. The molecular formula is C20H21BrN4O2. The fourth-order valence-corrected chi connectivity index (χ4v) is 3.03. The standard InChI is InChI=1S/C20H21BrN4O2/c1-15(16-8-10-17(11-9-16)25-14-22-13-23-25)24-20(26)7-4-12-27-19-6-3-2-5-18(19)21/h2-3,5-6,8-11,13-15H,4,7,12H2,1H3,(H,24,26). The van der Waals surface area contributed by atoms with Gasteiger partial charge < -0.3 is 10.1 Å². The molecule has 6 nitrogen and oxygen atoms in total. The van der Waals surface area contributed by atoms with E-state index in [-0.39, 0.29) is 11.9 Å². The Morgan fingerprint density at radius 3 is 2.70 bits per heavy atom. The molecule has 7 heteroatoms. The number of para-hydroxylation sites is 1. The minimum Gasteiger partial charge on any atom is -0.492 e. The van der Waals surface area contributed by atoms with E-state index in [4.69, 9.17) is 4.74 Å². The summed E-state index contributed by atoms with van der Waals surface area (Å²) in [5.41, 5.74) is 1.97. The minimum atomic E-state index is -0.0634. The Hall–Kier alpha value is -2.67. The number of benzene rings is 2. The average Bonchev–Trinajstić information content (AvgIpc) is 3.21. The van der Waals surface area contributed by atoms with Crippen LogP contribution in [-0.2, 0) is 4.79 Å². The first kappa shape index (κ1) is 19.1. The molecule has 1 atom stereocenters. The van der Waals surface area contributed by atoms with Gasteiger partial charge in [0.15, 0.2) is 0 Å². The van der Waals surface area contributed by atoms with Gasteiger partial charge in [-0.3, -0.25) is 4.79 Å². The minimum absolute atomic E-state index is 0.0126. The normalized spacial score (nSPS) is 11.8. The van der Waals surface area contributed by atoms with Gasteiger partial charge >= 0.3 is 0 Å². The maximum absolute atomic E-state index is 12.2. The molecule has 140 valence electrons. The van der Waals surface area contributed by atoms with Crippen molar-refractivity contribution in [3.8, 4) is 11.4 Å². The van der Waals surface area contributed by atoms with Crippen LogP contribution in [0.15, 0.2) is 65.7 Å². The second kappa shape index (κ2) is 9.32. The number of nitrogens with zero attached hydrogens (tertiary/aromatic N) is 3. The molecule has 0 saturated carbocycles. The number of carbonyl (C=O) groups is 1. The van der Waals surface area contributed by atoms with Crippen molar-refractivity contribution in [3.05, 3.63) is 71.2 Å². The van der Waals surface area contributed by atoms with Crippen molar-refractivity contribution in [2.24, 2.45) is 0 Å².